The zero-order chi connectivity index (χ0) is 23.2. The molecule has 30 heavy (non-hydrogen) atoms. The Hall–Kier alpha value is -0.340. The van der Waals surface area contributed by atoms with Crippen molar-refractivity contribution in [3.8, 4) is 0 Å². The van der Waals surface area contributed by atoms with Crippen molar-refractivity contribution in [3.63, 3.8) is 0 Å². The monoisotopic (exact) mass is 420 g/mol. The van der Waals surface area contributed by atoms with Crippen LogP contribution < -0.4 is 0 Å². The Morgan fingerprint density at radius 2 is 1.00 bits per heavy atom. The van der Waals surface area contributed by atoms with Crippen molar-refractivity contribution in [1.82, 2.24) is 0 Å². The molecule has 0 aromatic heterocycles. The van der Waals surface area contributed by atoms with E-state index in [4.69, 9.17) is 0 Å². The number of rotatable bonds is 3. The lowest BCUT2D eigenvalue weighted by Gasteiger charge is -2.51. The molecule has 0 aliphatic heterocycles. The molecule has 2 rings (SSSR count). The van der Waals surface area contributed by atoms with Gasteiger partial charge >= 0.3 is 0 Å². The molecule has 2 fully saturated rings. The molecule has 0 bridgehead atoms. The van der Waals surface area contributed by atoms with Gasteiger partial charge in [0.05, 0.1) is 12.2 Å². The highest BCUT2D eigenvalue weighted by Gasteiger charge is 2.48. The average Bonchev–Trinajstić information content (AvgIpc) is 2.54. The molecular weight excluding hydrogens is 368 g/mol. The molecular formula is C28H52O2. The van der Waals surface area contributed by atoms with Crippen LogP contribution in [-0.2, 0) is 0 Å². The second kappa shape index (κ2) is 8.89. The van der Waals surface area contributed by atoms with Gasteiger partial charge in [0.1, 0.15) is 0 Å². The fraction of sp³-hybridized carbons (Fsp3) is 0.929. The molecule has 0 aromatic rings. The Bertz CT molecular complexity index is 561. The van der Waals surface area contributed by atoms with Crippen LogP contribution in [-0.4, -0.2) is 22.4 Å². The molecule has 2 aliphatic rings. The van der Waals surface area contributed by atoms with E-state index in [1.54, 1.807) is 0 Å². The molecule has 6 atom stereocenters. The molecule has 2 saturated carbocycles. The van der Waals surface area contributed by atoms with E-state index in [-0.39, 0.29) is 34.4 Å². The molecule has 0 heterocycles. The first-order valence-corrected chi connectivity index (χ1v) is 12.4. The molecule has 0 amide bonds. The van der Waals surface area contributed by atoms with E-state index in [0.717, 1.165) is 31.3 Å². The molecule has 2 nitrogen and oxygen atoms in total. The van der Waals surface area contributed by atoms with Crippen molar-refractivity contribution in [2.45, 2.75) is 114 Å². The number of hydrogen-bond acceptors (Lipinski definition) is 2. The molecule has 0 spiro atoms. The summed E-state index contributed by atoms with van der Waals surface area (Å²) in [5.41, 5.74) is 1.49. The highest BCUT2D eigenvalue weighted by molar-refractivity contribution is 5.06. The molecule has 0 saturated heterocycles. The van der Waals surface area contributed by atoms with Gasteiger partial charge in [0, 0.05) is 5.92 Å². The molecule has 0 radical (unpaired) electrons. The van der Waals surface area contributed by atoms with Crippen molar-refractivity contribution < 1.29 is 10.2 Å². The van der Waals surface area contributed by atoms with E-state index >= 15 is 0 Å². The molecule has 2 aliphatic carbocycles. The molecule has 176 valence electrons. The zero-order valence-corrected chi connectivity index (χ0v) is 21.8. The third kappa shape index (κ3) is 5.91. The van der Waals surface area contributed by atoms with Gasteiger partial charge < -0.3 is 10.2 Å². The van der Waals surface area contributed by atoms with Gasteiger partial charge in [-0.05, 0) is 84.9 Å². The Kier molecular flexibility index (Phi) is 7.68. The second-order valence-corrected chi connectivity index (χ2v) is 14.3. The minimum atomic E-state index is -0.267. The summed E-state index contributed by atoms with van der Waals surface area (Å²) < 4.78 is 0. The van der Waals surface area contributed by atoms with Crippen molar-refractivity contribution in [3.05, 3.63) is 12.2 Å². The van der Waals surface area contributed by atoms with Crippen LogP contribution in [0.15, 0.2) is 12.2 Å². The second-order valence-electron chi connectivity index (χ2n) is 14.3. The SMILES string of the molecule is C=C(C)C1CC(CC2CC(C(C)(C)C)C(O)C(C(C)(C)C)C2)CC(C(C)(C)C)C1O. The zero-order valence-electron chi connectivity index (χ0n) is 21.8. The standard InChI is InChI=1S/C28H52O2/c1-17(2)20-13-18(14-21(24(20)29)26(3,4)5)12-19-15-22(27(6,7)8)25(30)23(16-19)28(9,10)11/h18-25,29-30H,1,12-16H2,2-11H3. The molecule has 2 heteroatoms. The third-order valence-corrected chi connectivity index (χ3v) is 8.63. The lowest BCUT2D eigenvalue weighted by atomic mass is 9.56. The van der Waals surface area contributed by atoms with Crippen molar-refractivity contribution >= 4 is 0 Å². The van der Waals surface area contributed by atoms with Crippen LogP contribution >= 0.6 is 0 Å². The van der Waals surface area contributed by atoms with E-state index in [1.807, 2.05) is 0 Å². The van der Waals surface area contributed by atoms with Gasteiger partial charge in [0.2, 0.25) is 0 Å². The quantitative estimate of drug-likeness (QED) is 0.478. The predicted molar refractivity (Wildman–Crippen MR) is 129 cm³/mol. The van der Waals surface area contributed by atoms with Gasteiger partial charge in [-0.25, -0.2) is 0 Å². The highest BCUT2D eigenvalue weighted by atomic mass is 16.3. The fourth-order valence-corrected chi connectivity index (χ4v) is 6.69. The summed E-state index contributed by atoms with van der Waals surface area (Å²) in [6, 6.07) is 0. The average molecular weight is 421 g/mol. The van der Waals surface area contributed by atoms with Gasteiger partial charge in [-0.1, -0.05) is 74.5 Å². The molecule has 0 aromatic carbocycles. The van der Waals surface area contributed by atoms with E-state index in [9.17, 15) is 10.2 Å². The maximum absolute atomic E-state index is 11.3. The summed E-state index contributed by atoms with van der Waals surface area (Å²) >= 11 is 0. The number of hydrogen-bond donors (Lipinski definition) is 2. The van der Waals surface area contributed by atoms with Gasteiger partial charge in [0.25, 0.3) is 0 Å². The van der Waals surface area contributed by atoms with Gasteiger partial charge in [-0.3, -0.25) is 0 Å². The van der Waals surface area contributed by atoms with Crippen molar-refractivity contribution in [2.75, 3.05) is 0 Å². The summed E-state index contributed by atoms with van der Waals surface area (Å²) in [5, 5.41) is 22.4. The summed E-state index contributed by atoms with van der Waals surface area (Å²) in [4.78, 5) is 0. The van der Waals surface area contributed by atoms with Gasteiger partial charge in [0.15, 0.2) is 0 Å². The topological polar surface area (TPSA) is 40.5 Å². The summed E-state index contributed by atoms with van der Waals surface area (Å²) in [5.74, 6) is 2.55. The van der Waals surface area contributed by atoms with Crippen molar-refractivity contribution in [1.29, 1.82) is 0 Å². The molecule has 6 unspecified atom stereocenters. The van der Waals surface area contributed by atoms with Crippen LogP contribution in [0.2, 0.25) is 0 Å². The van der Waals surface area contributed by atoms with Crippen molar-refractivity contribution in [2.24, 2.45) is 51.8 Å². The minimum absolute atomic E-state index is 0.108. The Morgan fingerprint density at radius 1 is 0.667 bits per heavy atom. The summed E-state index contributed by atoms with van der Waals surface area (Å²) in [6.45, 7) is 27.0. The highest BCUT2D eigenvalue weighted by Crippen LogP contribution is 2.52. The largest absolute Gasteiger partial charge is 0.393 e. The van der Waals surface area contributed by atoms with E-state index in [1.165, 1.54) is 6.42 Å². The minimum Gasteiger partial charge on any atom is -0.393 e. The van der Waals surface area contributed by atoms with Crippen LogP contribution in [0, 0.1) is 51.8 Å². The Morgan fingerprint density at radius 3 is 1.33 bits per heavy atom. The maximum Gasteiger partial charge on any atom is 0.0638 e. The van der Waals surface area contributed by atoms with E-state index < -0.39 is 0 Å². The maximum atomic E-state index is 11.3. The van der Waals surface area contributed by atoms with Crippen LogP contribution in [0.4, 0.5) is 0 Å². The normalized spacial score (nSPS) is 39.1. The molecule has 2 N–H and O–H groups in total. The lowest BCUT2D eigenvalue weighted by molar-refractivity contribution is -0.0913. The Labute approximate surface area is 187 Å². The first kappa shape index (κ1) is 25.9. The smallest absolute Gasteiger partial charge is 0.0638 e. The first-order chi connectivity index (χ1) is 13.4. The number of aliphatic hydroxyl groups excluding tert-OH is 2. The van der Waals surface area contributed by atoms with Crippen LogP contribution in [0.3, 0.4) is 0 Å². The summed E-state index contributed by atoms with van der Waals surface area (Å²) in [7, 11) is 0. The van der Waals surface area contributed by atoms with E-state index in [0.29, 0.717) is 29.6 Å². The Balaban J connectivity index is 2.24. The van der Waals surface area contributed by atoms with Gasteiger partial charge in [-0.15, -0.1) is 0 Å². The predicted octanol–water partition coefficient (Wildman–Crippen LogP) is 7.10. The van der Waals surface area contributed by atoms with Crippen LogP contribution in [0.25, 0.3) is 0 Å². The van der Waals surface area contributed by atoms with E-state index in [2.05, 4.69) is 75.8 Å². The number of aliphatic hydroxyl groups is 2. The summed E-state index contributed by atoms with van der Waals surface area (Å²) in [6.07, 6.45) is 5.21. The lowest BCUT2D eigenvalue weighted by Crippen LogP contribution is -2.48. The van der Waals surface area contributed by atoms with Crippen LogP contribution in [0.1, 0.15) is 101 Å². The third-order valence-electron chi connectivity index (χ3n) is 8.63. The van der Waals surface area contributed by atoms with Gasteiger partial charge in [-0.2, -0.15) is 0 Å². The fourth-order valence-electron chi connectivity index (χ4n) is 6.69. The first-order valence-electron chi connectivity index (χ1n) is 12.4. The van der Waals surface area contributed by atoms with Crippen LogP contribution in [0.5, 0.6) is 0 Å².